The second kappa shape index (κ2) is 5.04. The topological polar surface area (TPSA) is 65.1 Å². The molecule has 0 aliphatic rings. The average Bonchev–Trinajstić information content (AvgIpc) is 2.99. The third-order valence-electron chi connectivity index (χ3n) is 3.62. The van der Waals surface area contributed by atoms with Gasteiger partial charge in [-0.1, -0.05) is 23.2 Å². The molecule has 0 atom stereocenters. The third-order valence-corrected chi connectivity index (χ3v) is 4.18. The molecule has 4 rings (SSSR count). The number of aromatic nitrogens is 5. The zero-order valence-electron chi connectivity index (χ0n) is 11.9. The Hall–Kier alpha value is -2.44. The number of fused-ring (bicyclic) bond motifs is 3. The number of hydrogen-bond acceptors (Lipinski definition) is 4. The highest BCUT2D eigenvalue weighted by Gasteiger charge is 2.14. The van der Waals surface area contributed by atoms with Gasteiger partial charge in [0.2, 0.25) is 0 Å². The van der Waals surface area contributed by atoms with E-state index in [9.17, 15) is 4.79 Å². The lowest BCUT2D eigenvalue weighted by Gasteiger charge is -2.13. The normalized spacial score (nSPS) is 11.4. The maximum Gasteiger partial charge on any atom is 0.266 e. The zero-order valence-corrected chi connectivity index (χ0v) is 13.4. The molecule has 0 saturated carbocycles. The molecular formula is C15H9Cl2N5O. The molecule has 0 saturated heterocycles. The number of pyridine rings is 1. The van der Waals surface area contributed by atoms with Gasteiger partial charge in [0.25, 0.3) is 11.3 Å². The van der Waals surface area contributed by atoms with E-state index in [4.69, 9.17) is 23.2 Å². The quantitative estimate of drug-likeness (QED) is 0.531. The molecule has 114 valence electrons. The molecule has 1 aromatic carbocycles. The minimum Gasteiger partial charge on any atom is -0.279 e. The Morgan fingerprint density at radius 1 is 1.13 bits per heavy atom. The lowest BCUT2D eigenvalue weighted by molar-refractivity contribution is 0.926. The highest BCUT2D eigenvalue weighted by Crippen LogP contribution is 2.25. The minimum atomic E-state index is -0.242. The SMILES string of the molecule is Cc1cc2c(cnc3ncnn32)c(=O)n1-c1cc(Cl)ccc1Cl. The Bertz CT molecular complexity index is 1130. The van der Waals surface area contributed by atoms with Crippen LogP contribution in [0.3, 0.4) is 0 Å². The lowest BCUT2D eigenvalue weighted by atomic mass is 10.2. The van der Waals surface area contributed by atoms with E-state index in [1.807, 2.05) is 13.0 Å². The smallest absolute Gasteiger partial charge is 0.266 e. The van der Waals surface area contributed by atoms with Crippen LogP contribution in [0.2, 0.25) is 10.0 Å². The molecule has 0 unspecified atom stereocenters. The van der Waals surface area contributed by atoms with Crippen molar-refractivity contribution in [2.75, 3.05) is 0 Å². The fraction of sp³-hybridized carbons (Fsp3) is 0.0667. The van der Waals surface area contributed by atoms with Gasteiger partial charge in [-0.3, -0.25) is 9.36 Å². The van der Waals surface area contributed by atoms with E-state index in [0.717, 1.165) is 0 Å². The van der Waals surface area contributed by atoms with Crippen molar-refractivity contribution in [3.8, 4) is 5.69 Å². The molecular weight excluding hydrogens is 337 g/mol. The molecule has 3 aromatic heterocycles. The van der Waals surface area contributed by atoms with Crippen LogP contribution in [-0.4, -0.2) is 24.1 Å². The molecule has 0 aliphatic carbocycles. The highest BCUT2D eigenvalue weighted by molar-refractivity contribution is 6.34. The summed E-state index contributed by atoms with van der Waals surface area (Å²) >= 11 is 12.3. The van der Waals surface area contributed by atoms with Crippen molar-refractivity contribution >= 4 is 39.9 Å². The van der Waals surface area contributed by atoms with E-state index < -0.39 is 0 Å². The summed E-state index contributed by atoms with van der Waals surface area (Å²) in [5.74, 6) is 0.440. The van der Waals surface area contributed by atoms with Crippen LogP contribution in [0.25, 0.3) is 22.4 Å². The van der Waals surface area contributed by atoms with Crippen LogP contribution < -0.4 is 5.56 Å². The van der Waals surface area contributed by atoms with E-state index >= 15 is 0 Å². The van der Waals surface area contributed by atoms with Crippen LogP contribution in [0.5, 0.6) is 0 Å². The van der Waals surface area contributed by atoms with Crippen LogP contribution in [0.15, 0.2) is 41.6 Å². The molecule has 8 heteroatoms. The van der Waals surface area contributed by atoms with Crippen molar-refractivity contribution in [1.29, 1.82) is 0 Å². The predicted octanol–water partition coefficient (Wildman–Crippen LogP) is 3.04. The first kappa shape index (κ1) is 14.2. The van der Waals surface area contributed by atoms with E-state index in [1.165, 1.54) is 21.6 Å². The van der Waals surface area contributed by atoms with Gasteiger partial charge >= 0.3 is 0 Å². The first-order chi connectivity index (χ1) is 11.1. The third kappa shape index (κ3) is 2.10. The Kier molecular flexibility index (Phi) is 3.11. The first-order valence-electron chi connectivity index (χ1n) is 6.73. The average molecular weight is 346 g/mol. The van der Waals surface area contributed by atoms with Crippen molar-refractivity contribution in [2.45, 2.75) is 6.92 Å². The molecule has 0 amide bonds. The fourth-order valence-corrected chi connectivity index (χ4v) is 2.97. The largest absolute Gasteiger partial charge is 0.279 e. The van der Waals surface area contributed by atoms with Crippen LogP contribution in [0.1, 0.15) is 5.69 Å². The lowest BCUT2D eigenvalue weighted by Crippen LogP contribution is -2.22. The molecule has 0 bridgehead atoms. The van der Waals surface area contributed by atoms with Gasteiger partial charge in [0.15, 0.2) is 0 Å². The van der Waals surface area contributed by atoms with Crippen LogP contribution in [0.4, 0.5) is 0 Å². The predicted molar refractivity (Wildman–Crippen MR) is 88.6 cm³/mol. The summed E-state index contributed by atoms with van der Waals surface area (Å²) in [6.07, 6.45) is 2.90. The van der Waals surface area contributed by atoms with Gasteiger partial charge in [0.1, 0.15) is 6.33 Å². The maximum atomic E-state index is 12.9. The summed E-state index contributed by atoms with van der Waals surface area (Å²) in [6.45, 7) is 1.82. The van der Waals surface area contributed by atoms with Crippen molar-refractivity contribution in [1.82, 2.24) is 24.1 Å². The minimum absolute atomic E-state index is 0.242. The van der Waals surface area contributed by atoms with Crippen molar-refractivity contribution in [3.63, 3.8) is 0 Å². The van der Waals surface area contributed by atoms with E-state index in [2.05, 4.69) is 15.1 Å². The van der Waals surface area contributed by atoms with Crippen LogP contribution in [-0.2, 0) is 0 Å². The molecule has 23 heavy (non-hydrogen) atoms. The number of nitrogens with zero attached hydrogens (tertiary/aromatic N) is 5. The van der Waals surface area contributed by atoms with Crippen molar-refractivity contribution in [2.24, 2.45) is 0 Å². The van der Waals surface area contributed by atoms with Gasteiger partial charge in [0, 0.05) is 16.9 Å². The summed E-state index contributed by atoms with van der Waals surface area (Å²) in [6, 6.07) is 6.84. The Morgan fingerprint density at radius 2 is 1.96 bits per heavy atom. The van der Waals surface area contributed by atoms with Crippen molar-refractivity contribution in [3.05, 3.63) is 62.9 Å². The van der Waals surface area contributed by atoms with Gasteiger partial charge in [0.05, 0.1) is 21.6 Å². The maximum absolute atomic E-state index is 12.9. The second-order valence-electron chi connectivity index (χ2n) is 5.05. The first-order valence-corrected chi connectivity index (χ1v) is 7.48. The monoisotopic (exact) mass is 345 g/mol. The Labute approximate surface area is 139 Å². The van der Waals surface area contributed by atoms with Gasteiger partial charge < -0.3 is 0 Å². The van der Waals surface area contributed by atoms with Gasteiger partial charge in [-0.15, -0.1) is 0 Å². The number of hydrogen-bond donors (Lipinski definition) is 0. The second-order valence-corrected chi connectivity index (χ2v) is 5.89. The van der Waals surface area contributed by atoms with Crippen LogP contribution >= 0.6 is 23.2 Å². The van der Waals surface area contributed by atoms with E-state index in [-0.39, 0.29) is 5.56 Å². The van der Waals surface area contributed by atoms with Gasteiger partial charge in [-0.25, -0.2) is 4.98 Å². The summed E-state index contributed by atoms with van der Waals surface area (Å²) in [5.41, 5.74) is 1.63. The molecule has 0 aliphatic heterocycles. The molecule has 0 radical (unpaired) electrons. The highest BCUT2D eigenvalue weighted by atomic mass is 35.5. The zero-order chi connectivity index (χ0) is 16.1. The standard InChI is InChI=1S/C15H9Cl2N5O/c1-8-4-12-10(6-18-15-19-7-20-22(12)15)14(23)21(8)13-5-9(16)2-3-11(13)17/h2-7H,1H3. The van der Waals surface area contributed by atoms with E-state index in [0.29, 0.717) is 38.1 Å². The Balaban J connectivity index is 2.15. The van der Waals surface area contributed by atoms with Gasteiger partial charge in [-0.2, -0.15) is 14.6 Å². The van der Waals surface area contributed by atoms with Crippen LogP contribution in [0, 0.1) is 6.92 Å². The number of benzene rings is 1. The summed E-state index contributed by atoms with van der Waals surface area (Å²) < 4.78 is 3.05. The molecule has 0 spiro atoms. The number of aryl methyl sites for hydroxylation is 1. The molecule has 0 fully saturated rings. The molecule has 3 heterocycles. The molecule has 4 aromatic rings. The fourth-order valence-electron chi connectivity index (χ4n) is 2.60. The molecule has 6 nitrogen and oxygen atoms in total. The Morgan fingerprint density at radius 3 is 2.78 bits per heavy atom. The van der Waals surface area contributed by atoms with E-state index in [1.54, 1.807) is 18.2 Å². The molecule has 0 N–H and O–H groups in total. The summed E-state index contributed by atoms with van der Waals surface area (Å²) in [5, 5.41) is 5.47. The number of rotatable bonds is 1. The number of halogens is 2. The van der Waals surface area contributed by atoms with Crippen molar-refractivity contribution < 1.29 is 0 Å². The van der Waals surface area contributed by atoms with Gasteiger partial charge in [-0.05, 0) is 31.2 Å². The summed E-state index contributed by atoms with van der Waals surface area (Å²) in [7, 11) is 0. The summed E-state index contributed by atoms with van der Waals surface area (Å²) in [4.78, 5) is 21.1.